The minimum Gasteiger partial charge on any atom is -0.484 e. The lowest BCUT2D eigenvalue weighted by molar-refractivity contribution is -0.119. The molecule has 0 aliphatic heterocycles. The Hall–Kier alpha value is -1.52. The first-order valence-corrected chi connectivity index (χ1v) is 9.41. The van der Waals surface area contributed by atoms with Gasteiger partial charge < -0.3 is 20.7 Å². The predicted molar refractivity (Wildman–Crippen MR) is 122 cm³/mol. The number of aliphatic imine (C=N–C) groups is 1. The number of thiophene rings is 1. The van der Waals surface area contributed by atoms with Gasteiger partial charge in [-0.3, -0.25) is 4.79 Å². The molecule has 0 aliphatic rings. The average molecular weight is 523 g/mol. The van der Waals surface area contributed by atoms with Crippen LogP contribution in [0.3, 0.4) is 0 Å². The molecular weight excluding hydrogens is 499 g/mol. The van der Waals surface area contributed by atoms with E-state index >= 15 is 0 Å². The number of guanidine groups is 1. The Morgan fingerprint density at radius 3 is 2.78 bits per heavy atom. The molecule has 0 bridgehead atoms. The SMILES string of the molecule is CCNC(=NCc1cccc(OCC(N)=O)c1)N(C)Cc1ccc(Cl)s1.I. The number of primary amides is 1. The van der Waals surface area contributed by atoms with Crippen molar-refractivity contribution in [1.29, 1.82) is 0 Å². The van der Waals surface area contributed by atoms with Crippen LogP contribution in [-0.2, 0) is 17.9 Å². The second-order valence-corrected chi connectivity index (χ2v) is 7.43. The first-order valence-electron chi connectivity index (χ1n) is 8.21. The minimum absolute atomic E-state index is 0. The number of nitrogens with one attached hydrogen (secondary N) is 1. The summed E-state index contributed by atoms with van der Waals surface area (Å²) in [6.45, 7) is 3.89. The van der Waals surface area contributed by atoms with Crippen LogP contribution in [0, 0.1) is 0 Å². The topological polar surface area (TPSA) is 80.0 Å². The number of carbonyl (C=O) groups excluding carboxylic acids is 1. The molecule has 0 aliphatic carbocycles. The zero-order valence-corrected chi connectivity index (χ0v) is 19.2. The van der Waals surface area contributed by atoms with Crippen molar-refractivity contribution in [3.63, 3.8) is 0 Å². The van der Waals surface area contributed by atoms with E-state index in [2.05, 4.69) is 15.2 Å². The summed E-state index contributed by atoms with van der Waals surface area (Å²) in [4.78, 5) is 18.7. The quantitative estimate of drug-likeness (QED) is 0.316. The summed E-state index contributed by atoms with van der Waals surface area (Å²) in [6, 6.07) is 11.4. The summed E-state index contributed by atoms with van der Waals surface area (Å²) in [7, 11) is 1.99. The van der Waals surface area contributed by atoms with E-state index in [1.807, 2.05) is 44.3 Å². The summed E-state index contributed by atoms with van der Waals surface area (Å²) < 4.78 is 6.11. The van der Waals surface area contributed by atoms with Crippen LogP contribution in [0.1, 0.15) is 17.4 Å². The van der Waals surface area contributed by atoms with Gasteiger partial charge in [-0.1, -0.05) is 23.7 Å². The maximum Gasteiger partial charge on any atom is 0.255 e. The van der Waals surface area contributed by atoms with Gasteiger partial charge in [0.05, 0.1) is 17.4 Å². The van der Waals surface area contributed by atoms with Crippen LogP contribution in [0.4, 0.5) is 0 Å². The number of hydrogen-bond acceptors (Lipinski definition) is 4. The van der Waals surface area contributed by atoms with Gasteiger partial charge in [0, 0.05) is 18.5 Å². The van der Waals surface area contributed by atoms with Crippen LogP contribution in [0.5, 0.6) is 5.75 Å². The van der Waals surface area contributed by atoms with E-state index in [-0.39, 0.29) is 30.6 Å². The molecule has 0 spiro atoms. The number of nitrogens with zero attached hydrogens (tertiary/aromatic N) is 2. The van der Waals surface area contributed by atoms with Gasteiger partial charge in [-0.25, -0.2) is 4.99 Å². The van der Waals surface area contributed by atoms with Crippen LogP contribution in [-0.4, -0.2) is 37.0 Å². The smallest absolute Gasteiger partial charge is 0.255 e. The first-order chi connectivity index (χ1) is 12.5. The van der Waals surface area contributed by atoms with Gasteiger partial charge in [0.2, 0.25) is 0 Å². The van der Waals surface area contributed by atoms with Crippen molar-refractivity contribution < 1.29 is 9.53 Å². The summed E-state index contributed by atoms with van der Waals surface area (Å²) >= 11 is 7.56. The molecule has 0 saturated heterocycles. The average Bonchev–Trinajstić information content (AvgIpc) is 3.01. The Balaban J connectivity index is 0.00000364. The van der Waals surface area contributed by atoms with Crippen LogP contribution >= 0.6 is 46.9 Å². The summed E-state index contributed by atoms with van der Waals surface area (Å²) in [5.74, 6) is 0.904. The molecule has 0 fully saturated rings. The molecule has 1 aromatic carbocycles. The van der Waals surface area contributed by atoms with E-state index < -0.39 is 5.91 Å². The molecule has 9 heteroatoms. The number of carbonyl (C=O) groups is 1. The van der Waals surface area contributed by atoms with Crippen molar-refractivity contribution in [2.75, 3.05) is 20.2 Å². The zero-order valence-electron chi connectivity index (χ0n) is 15.3. The molecule has 2 aromatic rings. The van der Waals surface area contributed by atoms with E-state index in [4.69, 9.17) is 22.1 Å². The minimum atomic E-state index is -0.502. The highest BCUT2D eigenvalue weighted by molar-refractivity contribution is 14.0. The number of rotatable bonds is 8. The van der Waals surface area contributed by atoms with Gasteiger partial charge in [-0.2, -0.15) is 0 Å². The fourth-order valence-electron chi connectivity index (χ4n) is 2.27. The van der Waals surface area contributed by atoms with Crippen LogP contribution in [0.2, 0.25) is 4.34 Å². The third-order valence-electron chi connectivity index (χ3n) is 3.41. The highest BCUT2D eigenvalue weighted by Gasteiger charge is 2.08. The van der Waals surface area contributed by atoms with Crippen molar-refractivity contribution in [2.24, 2.45) is 10.7 Å². The summed E-state index contributed by atoms with van der Waals surface area (Å²) in [6.07, 6.45) is 0. The Morgan fingerprint density at radius 1 is 1.37 bits per heavy atom. The maximum absolute atomic E-state index is 10.8. The second kappa shape index (κ2) is 12.0. The van der Waals surface area contributed by atoms with Gasteiger partial charge in [-0.05, 0) is 36.8 Å². The molecule has 0 atom stereocenters. The van der Waals surface area contributed by atoms with E-state index in [0.29, 0.717) is 12.3 Å². The molecule has 0 unspecified atom stereocenters. The number of ether oxygens (including phenoxy) is 1. The Morgan fingerprint density at radius 2 is 2.15 bits per heavy atom. The first kappa shape index (κ1) is 23.5. The Labute approximate surface area is 185 Å². The van der Waals surface area contributed by atoms with Crippen molar-refractivity contribution >= 4 is 58.8 Å². The van der Waals surface area contributed by atoms with E-state index in [9.17, 15) is 4.79 Å². The molecule has 0 radical (unpaired) electrons. The standard InChI is InChI=1S/C18H23ClN4O2S.HI/c1-3-21-18(23(2)11-15-7-8-16(19)26-15)22-10-13-5-4-6-14(9-13)25-12-17(20)24;/h4-9H,3,10-12H2,1-2H3,(H2,20,24)(H,21,22);1H. The molecule has 3 N–H and O–H groups in total. The normalized spacial score (nSPS) is 10.9. The van der Waals surface area contributed by atoms with Crippen molar-refractivity contribution in [2.45, 2.75) is 20.0 Å². The monoisotopic (exact) mass is 522 g/mol. The molecule has 1 amide bonds. The summed E-state index contributed by atoms with van der Waals surface area (Å²) in [5.41, 5.74) is 6.08. The van der Waals surface area contributed by atoms with Gasteiger partial charge in [0.15, 0.2) is 12.6 Å². The largest absolute Gasteiger partial charge is 0.484 e. The molecule has 1 aromatic heterocycles. The van der Waals surface area contributed by atoms with Crippen molar-refractivity contribution in [3.05, 3.63) is 51.2 Å². The lowest BCUT2D eigenvalue weighted by Gasteiger charge is -2.21. The molecule has 1 heterocycles. The number of amides is 1. The molecule has 2 rings (SSSR count). The lowest BCUT2D eigenvalue weighted by Crippen LogP contribution is -2.38. The van der Waals surface area contributed by atoms with Crippen LogP contribution in [0.15, 0.2) is 41.4 Å². The lowest BCUT2D eigenvalue weighted by atomic mass is 10.2. The highest BCUT2D eigenvalue weighted by Crippen LogP contribution is 2.22. The Bertz CT molecular complexity index is 769. The fourth-order valence-corrected chi connectivity index (χ4v) is 3.41. The van der Waals surface area contributed by atoms with Crippen LogP contribution < -0.4 is 15.8 Å². The number of benzene rings is 1. The van der Waals surface area contributed by atoms with Gasteiger partial charge in [0.1, 0.15) is 5.75 Å². The molecule has 0 saturated carbocycles. The number of nitrogens with two attached hydrogens (primary N) is 1. The molecule has 6 nitrogen and oxygen atoms in total. The Kier molecular flexibility index (Phi) is 10.5. The van der Waals surface area contributed by atoms with Gasteiger partial charge in [-0.15, -0.1) is 35.3 Å². The molecule has 27 heavy (non-hydrogen) atoms. The predicted octanol–water partition coefficient (Wildman–Crippen LogP) is 3.48. The number of hydrogen-bond donors (Lipinski definition) is 2. The van der Waals surface area contributed by atoms with Crippen molar-refractivity contribution in [1.82, 2.24) is 10.2 Å². The third-order valence-corrected chi connectivity index (χ3v) is 4.63. The van der Waals surface area contributed by atoms with Gasteiger partial charge >= 0.3 is 0 Å². The van der Waals surface area contributed by atoms with E-state index in [1.165, 1.54) is 4.88 Å². The molecule has 148 valence electrons. The zero-order chi connectivity index (χ0) is 18.9. The maximum atomic E-state index is 10.8. The van der Waals surface area contributed by atoms with Crippen molar-refractivity contribution in [3.8, 4) is 5.75 Å². The van der Waals surface area contributed by atoms with E-state index in [1.54, 1.807) is 17.4 Å². The highest BCUT2D eigenvalue weighted by atomic mass is 127. The number of halogens is 2. The summed E-state index contributed by atoms with van der Waals surface area (Å²) in [5, 5.41) is 3.29. The van der Waals surface area contributed by atoms with E-state index in [0.717, 1.165) is 28.9 Å². The molecular formula is C18H24ClIN4O2S. The van der Waals surface area contributed by atoms with Gasteiger partial charge in [0.25, 0.3) is 5.91 Å². The van der Waals surface area contributed by atoms with Crippen LogP contribution in [0.25, 0.3) is 0 Å². The fraction of sp³-hybridized carbons (Fsp3) is 0.333. The second-order valence-electron chi connectivity index (χ2n) is 5.63. The third kappa shape index (κ3) is 8.35.